The maximum absolute atomic E-state index is 12.1. The van der Waals surface area contributed by atoms with E-state index in [0.29, 0.717) is 11.3 Å². The highest BCUT2D eigenvalue weighted by molar-refractivity contribution is 5.98. The molecule has 0 aliphatic carbocycles. The highest BCUT2D eigenvalue weighted by Crippen LogP contribution is 2.45. The number of rotatable bonds is 4. The number of carbonyl (C=O) groups is 2. The lowest BCUT2D eigenvalue weighted by molar-refractivity contribution is -0.135. The van der Waals surface area contributed by atoms with Gasteiger partial charge in [0.2, 0.25) is 0 Å². The van der Waals surface area contributed by atoms with Gasteiger partial charge in [-0.3, -0.25) is 9.59 Å². The van der Waals surface area contributed by atoms with Crippen LogP contribution >= 0.6 is 0 Å². The fourth-order valence-corrected chi connectivity index (χ4v) is 3.26. The van der Waals surface area contributed by atoms with Crippen LogP contribution in [0.5, 0.6) is 23.3 Å². The molecule has 7 nitrogen and oxygen atoms in total. The Morgan fingerprint density at radius 3 is 2.71 bits per heavy atom. The van der Waals surface area contributed by atoms with Gasteiger partial charge in [0.15, 0.2) is 5.78 Å². The lowest BCUT2D eigenvalue weighted by Crippen LogP contribution is -2.21. The number of hydrogen-bond acceptors (Lipinski definition) is 7. The Kier molecular flexibility index (Phi) is 4.49. The van der Waals surface area contributed by atoms with E-state index in [4.69, 9.17) is 9.47 Å². The number of aromatic hydroxyl groups is 1. The molecular weight excluding hydrogens is 360 g/mol. The SMILES string of the molecule is CC(=O)c1ccc2c(c1O)C(c1cccc(Oc3ncccn3)c1)CC(=O)O2. The normalized spacial score (nSPS) is 15.5. The summed E-state index contributed by atoms with van der Waals surface area (Å²) in [5, 5.41) is 10.7. The molecule has 7 heteroatoms. The first kappa shape index (κ1) is 17.7. The fourth-order valence-electron chi connectivity index (χ4n) is 3.26. The molecule has 140 valence electrons. The molecule has 1 unspecified atom stereocenters. The lowest BCUT2D eigenvalue weighted by Gasteiger charge is -2.26. The lowest BCUT2D eigenvalue weighted by atomic mass is 9.84. The molecule has 1 aliphatic heterocycles. The molecule has 0 saturated carbocycles. The van der Waals surface area contributed by atoms with Crippen LogP contribution < -0.4 is 9.47 Å². The van der Waals surface area contributed by atoms with E-state index in [1.807, 2.05) is 6.07 Å². The van der Waals surface area contributed by atoms with Crippen molar-refractivity contribution in [2.24, 2.45) is 0 Å². The zero-order valence-corrected chi connectivity index (χ0v) is 15.0. The van der Waals surface area contributed by atoms with Crippen LogP contribution in [0.3, 0.4) is 0 Å². The van der Waals surface area contributed by atoms with E-state index in [2.05, 4.69) is 9.97 Å². The van der Waals surface area contributed by atoms with Gasteiger partial charge in [-0.2, -0.15) is 0 Å². The zero-order valence-electron chi connectivity index (χ0n) is 15.0. The molecule has 2 heterocycles. The van der Waals surface area contributed by atoms with Gasteiger partial charge in [-0.1, -0.05) is 12.1 Å². The van der Waals surface area contributed by atoms with Crippen LogP contribution in [-0.4, -0.2) is 26.8 Å². The van der Waals surface area contributed by atoms with E-state index in [1.54, 1.807) is 36.7 Å². The smallest absolute Gasteiger partial charge is 0.321 e. The summed E-state index contributed by atoms with van der Waals surface area (Å²) in [5.74, 6) is -0.580. The van der Waals surface area contributed by atoms with Crippen molar-refractivity contribution in [3.8, 4) is 23.3 Å². The number of ether oxygens (including phenoxy) is 2. The Morgan fingerprint density at radius 2 is 1.96 bits per heavy atom. The minimum atomic E-state index is -0.476. The molecule has 4 rings (SSSR count). The first-order valence-electron chi connectivity index (χ1n) is 8.65. The van der Waals surface area contributed by atoms with Crippen molar-refractivity contribution < 1.29 is 24.2 Å². The monoisotopic (exact) mass is 376 g/mol. The van der Waals surface area contributed by atoms with Crippen molar-refractivity contribution in [1.82, 2.24) is 9.97 Å². The van der Waals surface area contributed by atoms with Crippen molar-refractivity contribution in [2.75, 3.05) is 0 Å². The van der Waals surface area contributed by atoms with Gasteiger partial charge in [0.1, 0.15) is 17.2 Å². The summed E-state index contributed by atoms with van der Waals surface area (Å²) in [5.41, 5.74) is 1.34. The first-order valence-corrected chi connectivity index (χ1v) is 8.65. The Bertz CT molecular complexity index is 1070. The quantitative estimate of drug-likeness (QED) is 0.422. The standard InChI is InChI=1S/C21H16N2O5/c1-12(24)15-6-7-17-19(20(15)26)16(11-18(25)28-17)13-4-2-5-14(10-13)27-21-22-8-3-9-23-21/h2-10,16,26H,11H2,1H3. The number of nitrogens with zero attached hydrogens (tertiary/aromatic N) is 2. The summed E-state index contributed by atoms with van der Waals surface area (Å²) in [7, 11) is 0. The summed E-state index contributed by atoms with van der Waals surface area (Å²) in [6.07, 6.45) is 3.18. The van der Waals surface area contributed by atoms with E-state index >= 15 is 0 Å². The molecule has 1 atom stereocenters. The van der Waals surface area contributed by atoms with Gasteiger partial charge in [-0.15, -0.1) is 0 Å². The molecule has 1 aromatic heterocycles. The Hall–Kier alpha value is -3.74. The van der Waals surface area contributed by atoms with Crippen molar-refractivity contribution >= 4 is 11.8 Å². The number of phenolic OH excluding ortho intramolecular Hbond substituents is 1. The second kappa shape index (κ2) is 7.11. The van der Waals surface area contributed by atoms with Crippen molar-refractivity contribution in [3.63, 3.8) is 0 Å². The summed E-state index contributed by atoms with van der Waals surface area (Å²) in [6.45, 7) is 1.37. The second-order valence-electron chi connectivity index (χ2n) is 6.37. The molecule has 0 radical (unpaired) electrons. The van der Waals surface area contributed by atoms with Crippen LogP contribution in [0.15, 0.2) is 54.9 Å². The molecule has 1 N–H and O–H groups in total. The predicted molar refractivity (Wildman–Crippen MR) is 98.8 cm³/mol. The summed E-state index contributed by atoms with van der Waals surface area (Å²) < 4.78 is 10.9. The highest BCUT2D eigenvalue weighted by Gasteiger charge is 2.33. The molecule has 2 aromatic carbocycles. The van der Waals surface area contributed by atoms with Gasteiger partial charge in [-0.05, 0) is 42.8 Å². The summed E-state index contributed by atoms with van der Waals surface area (Å²) in [6, 6.07) is 12.0. The minimum Gasteiger partial charge on any atom is -0.507 e. The molecule has 0 fully saturated rings. The largest absolute Gasteiger partial charge is 0.507 e. The number of phenols is 1. The third kappa shape index (κ3) is 3.29. The van der Waals surface area contributed by atoms with E-state index < -0.39 is 11.9 Å². The van der Waals surface area contributed by atoms with Crippen LogP contribution in [0, 0.1) is 0 Å². The number of ketones is 1. The summed E-state index contributed by atoms with van der Waals surface area (Å²) in [4.78, 5) is 32.0. The molecule has 3 aromatic rings. The van der Waals surface area contributed by atoms with E-state index in [1.165, 1.54) is 19.1 Å². The van der Waals surface area contributed by atoms with E-state index in [-0.39, 0.29) is 35.3 Å². The minimum absolute atomic E-state index is 0.0349. The van der Waals surface area contributed by atoms with Gasteiger partial charge in [0.05, 0.1) is 12.0 Å². The molecule has 28 heavy (non-hydrogen) atoms. The van der Waals surface area contributed by atoms with Crippen molar-refractivity contribution in [3.05, 3.63) is 71.5 Å². The molecule has 0 spiro atoms. The average Bonchev–Trinajstić information content (AvgIpc) is 2.68. The maximum Gasteiger partial charge on any atom is 0.321 e. The maximum atomic E-state index is 12.1. The van der Waals surface area contributed by atoms with Crippen LogP contribution in [0.4, 0.5) is 0 Å². The second-order valence-corrected chi connectivity index (χ2v) is 6.37. The zero-order chi connectivity index (χ0) is 19.7. The fraction of sp³-hybridized carbons (Fsp3) is 0.143. The van der Waals surface area contributed by atoms with E-state index in [9.17, 15) is 14.7 Å². The highest BCUT2D eigenvalue weighted by atomic mass is 16.5. The Balaban J connectivity index is 1.76. The van der Waals surface area contributed by atoms with Gasteiger partial charge in [0, 0.05) is 23.9 Å². The first-order chi connectivity index (χ1) is 13.5. The Morgan fingerprint density at radius 1 is 1.18 bits per heavy atom. The van der Waals surface area contributed by atoms with Gasteiger partial charge < -0.3 is 14.6 Å². The van der Waals surface area contributed by atoms with Gasteiger partial charge in [-0.25, -0.2) is 9.97 Å². The van der Waals surface area contributed by atoms with Crippen LogP contribution in [0.1, 0.15) is 40.7 Å². The topological polar surface area (TPSA) is 98.6 Å². The predicted octanol–water partition coefficient (Wildman–Crippen LogP) is 3.62. The molecule has 0 amide bonds. The number of Topliss-reactive ketones (excluding diaryl/α,β-unsaturated/α-hetero) is 1. The van der Waals surface area contributed by atoms with Crippen LogP contribution in [0.2, 0.25) is 0 Å². The van der Waals surface area contributed by atoms with Gasteiger partial charge in [0.25, 0.3) is 0 Å². The summed E-state index contributed by atoms with van der Waals surface area (Å²) >= 11 is 0. The third-order valence-corrected chi connectivity index (χ3v) is 4.51. The number of hydrogen-bond donors (Lipinski definition) is 1. The number of aromatic nitrogens is 2. The third-order valence-electron chi connectivity index (χ3n) is 4.51. The Labute approximate surface area is 160 Å². The van der Waals surface area contributed by atoms with Crippen LogP contribution in [0.25, 0.3) is 0 Å². The molecule has 1 aliphatic rings. The molecular formula is C21H16N2O5. The van der Waals surface area contributed by atoms with Gasteiger partial charge >= 0.3 is 12.0 Å². The molecule has 0 saturated heterocycles. The van der Waals surface area contributed by atoms with Crippen molar-refractivity contribution in [2.45, 2.75) is 19.3 Å². The van der Waals surface area contributed by atoms with Crippen LogP contribution in [-0.2, 0) is 4.79 Å². The number of esters is 1. The number of benzene rings is 2. The van der Waals surface area contributed by atoms with Crippen molar-refractivity contribution in [1.29, 1.82) is 0 Å². The number of carbonyl (C=O) groups excluding carboxylic acids is 2. The molecule has 0 bridgehead atoms. The number of fused-ring (bicyclic) bond motifs is 1. The van der Waals surface area contributed by atoms with E-state index in [0.717, 1.165) is 5.56 Å². The average molecular weight is 376 g/mol.